The predicted octanol–water partition coefficient (Wildman–Crippen LogP) is 2.09. The van der Waals surface area contributed by atoms with Crippen molar-refractivity contribution in [2.75, 3.05) is 26.7 Å². The van der Waals surface area contributed by atoms with E-state index < -0.39 is 0 Å². The smallest absolute Gasteiger partial charge is 0.119 e. The summed E-state index contributed by atoms with van der Waals surface area (Å²) in [5.74, 6) is 0.908. The zero-order chi connectivity index (χ0) is 14.9. The maximum Gasteiger partial charge on any atom is 0.119 e. The Morgan fingerprint density at radius 3 is 2.62 bits per heavy atom. The van der Waals surface area contributed by atoms with Crippen LogP contribution in [-0.4, -0.2) is 36.6 Å². The van der Waals surface area contributed by atoms with Crippen LogP contribution in [0.3, 0.4) is 0 Å². The van der Waals surface area contributed by atoms with Crippen molar-refractivity contribution >= 4 is 0 Å². The molecule has 0 radical (unpaired) electrons. The quantitative estimate of drug-likeness (QED) is 0.807. The average molecular weight is 285 g/mol. The summed E-state index contributed by atoms with van der Waals surface area (Å²) in [5, 5.41) is 0. The van der Waals surface area contributed by atoms with E-state index in [0.29, 0.717) is 13.2 Å². The maximum absolute atomic E-state index is 5.76. The van der Waals surface area contributed by atoms with Crippen molar-refractivity contribution < 1.29 is 4.74 Å². The molecule has 112 valence electrons. The Labute approximate surface area is 126 Å². The fraction of sp³-hybridized carbons (Fsp3) is 0.353. The van der Waals surface area contributed by atoms with Gasteiger partial charge in [0.1, 0.15) is 12.4 Å². The molecule has 0 amide bonds. The van der Waals surface area contributed by atoms with Gasteiger partial charge in [0, 0.05) is 25.5 Å². The van der Waals surface area contributed by atoms with Gasteiger partial charge in [0.2, 0.25) is 0 Å². The highest BCUT2D eigenvalue weighted by molar-refractivity contribution is 5.27. The molecule has 0 saturated heterocycles. The summed E-state index contributed by atoms with van der Waals surface area (Å²) in [4.78, 5) is 6.34. The van der Waals surface area contributed by atoms with Gasteiger partial charge in [-0.15, -0.1) is 0 Å². The summed E-state index contributed by atoms with van der Waals surface area (Å²) < 4.78 is 5.76. The van der Waals surface area contributed by atoms with Gasteiger partial charge in [-0.25, -0.2) is 0 Å². The van der Waals surface area contributed by atoms with Gasteiger partial charge >= 0.3 is 0 Å². The Bertz CT molecular complexity index is 513. The van der Waals surface area contributed by atoms with Crippen molar-refractivity contribution in [1.29, 1.82) is 0 Å². The van der Waals surface area contributed by atoms with Gasteiger partial charge in [-0.1, -0.05) is 18.2 Å². The van der Waals surface area contributed by atoms with Crippen molar-refractivity contribution in [3.05, 3.63) is 59.9 Å². The van der Waals surface area contributed by atoms with Crippen LogP contribution in [-0.2, 0) is 13.0 Å². The first-order valence-corrected chi connectivity index (χ1v) is 7.27. The number of nitrogens with two attached hydrogens (primary N) is 1. The van der Waals surface area contributed by atoms with Crippen LogP contribution in [0.5, 0.6) is 5.75 Å². The molecular weight excluding hydrogens is 262 g/mol. The minimum Gasteiger partial charge on any atom is -0.492 e. The van der Waals surface area contributed by atoms with Gasteiger partial charge in [-0.05, 0) is 49.3 Å². The van der Waals surface area contributed by atoms with E-state index >= 15 is 0 Å². The number of hydrogen-bond acceptors (Lipinski definition) is 4. The van der Waals surface area contributed by atoms with Gasteiger partial charge in [0.05, 0.1) is 0 Å². The van der Waals surface area contributed by atoms with Crippen molar-refractivity contribution in [1.82, 2.24) is 9.88 Å². The summed E-state index contributed by atoms with van der Waals surface area (Å²) in [6, 6.07) is 12.2. The van der Waals surface area contributed by atoms with Gasteiger partial charge in [0.25, 0.3) is 0 Å². The lowest BCUT2D eigenvalue weighted by Gasteiger charge is -2.16. The third-order valence-corrected chi connectivity index (χ3v) is 3.27. The molecule has 0 atom stereocenters. The number of rotatable bonds is 8. The van der Waals surface area contributed by atoms with E-state index in [0.717, 1.165) is 25.3 Å². The molecule has 2 N–H and O–H groups in total. The Morgan fingerprint density at radius 2 is 1.95 bits per heavy atom. The molecule has 1 aromatic heterocycles. The summed E-state index contributed by atoms with van der Waals surface area (Å²) in [5.41, 5.74) is 8.00. The van der Waals surface area contributed by atoms with Crippen LogP contribution in [0.25, 0.3) is 0 Å². The van der Waals surface area contributed by atoms with Crippen molar-refractivity contribution in [3.63, 3.8) is 0 Å². The molecule has 0 saturated carbocycles. The van der Waals surface area contributed by atoms with E-state index in [1.807, 2.05) is 24.4 Å². The maximum atomic E-state index is 5.76. The first kappa shape index (κ1) is 15.5. The molecule has 21 heavy (non-hydrogen) atoms. The molecule has 0 aliphatic rings. The van der Waals surface area contributed by atoms with Crippen molar-refractivity contribution in [2.24, 2.45) is 5.73 Å². The number of hydrogen-bond donors (Lipinski definition) is 1. The van der Waals surface area contributed by atoms with E-state index in [-0.39, 0.29) is 0 Å². The monoisotopic (exact) mass is 285 g/mol. The molecule has 2 aromatic rings. The van der Waals surface area contributed by atoms with Crippen LogP contribution < -0.4 is 10.5 Å². The van der Waals surface area contributed by atoms with E-state index in [4.69, 9.17) is 10.5 Å². The lowest BCUT2D eigenvalue weighted by atomic mass is 10.1. The first-order valence-electron chi connectivity index (χ1n) is 7.27. The molecule has 4 heteroatoms. The van der Waals surface area contributed by atoms with Gasteiger partial charge in [0.15, 0.2) is 0 Å². The Balaban J connectivity index is 1.71. The number of pyridine rings is 1. The Morgan fingerprint density at radius 1 is 1.14 bits per heavy atom. The topological polar surface area (TPSA) is 51.4 Å². The number of ether oxygens (including phenoxy) is 1. The number of aromatic nitrogens is 1. The second-order valence-corrected chi connectivity index (χ2v) is 5.13. The SMILES string of the molecule is CN(CCOc1ccc(CCN)cc1)Cc1cccnc1. The fourth-order valence-corrected chi connectivity index (χ4v) is 2.12. The summed E-state index contributed by atoms with van der Waals surface area (Å²) >= 11 is 0. The first-order chi connectivity index (χ1) is 10.3. The van der Waals surface area contributed by atoms with Crippen LogP contribution in [0.15, 0.2) is 48.8 Å². The molecule has 1 heterocycles. The van der Waals surface area contributed by atoms with E-state index in [2.05, 4.69) is 35.1 Å². The Kier molecular flexibility index (Phi) is 6.19. The lowest BCUT2D eigenvalue weighted by molar-refractivity contribution is 0.232. The van der Waals surface area contributed by atoms with Gasteiger partial charge < -0.3 is 10.5 Å². The highest BCUT2D eigenvalue weighted by Gasteiger charge is 2.01. The fourth-order valence-electron chi connectivity index (χ4n) is 2.12. The Hall–Kier alpha value is -1.91. The van der Waals surface area contributed by atoms with E-state index in [9.17, 15) is 0 Å². The van der Waals surface area contributed by atoms with Crippen molar-refractivity contribution in [2.45, 2.75) is 13.0 Å². The second kappa shape index (κ2) is 8.39. The van der Waals surface area contributed by atoms with Crippen LogP contribution in [0.1, 0.15) is 11.1 Å². The highest BCUT2D eigenvalue weighted by Crippen LogP contribution is 2.12. The zero-order valence-electron chi connectivity index (χ0n) is 12.5. The summed E-state index contributed by atoms with van der Waals surface area (Å²) in [6.45, 7) is 3.11. The summed E-state index contributed by atoms with van der Waals surface area (Å²) in [6.07, 6.45) is 4.60. The predicted molar refractivity (Wildman–Crippen MR) is 85.3 cm³/mol. The van der Waals surface area contributed by atoms with E-state index in [1.165, 1.54) is 11.1 Å². The number of likely N-dealkylation sites (N-methyl/N-ethyl adjacent to an activating group) is 1. The van der Waals surface area contributed by atoms with Crippen LogP contribution >= 0.6 is 0 Å². The molecule has 0 aliphatic heterocycles. The molecular formula is C17H23N3O. The third kappa shape index (κ3) is 5.53. The lowest BCUT2D eigenvalue weighted by Crippen LogP contribution is -2.23. The molecule has 0 unspecified atom stereocenters. The molecule has 0 bridgehead atoms. The molecule has 0 fully saturated rings. The van der Waals surface area contributed by atoms with Crippen LogP contribution in [0.4, 0.5) is 0 Å². The normalized spacial score (nSPS) is 10.8. The van der Waals surface area contributed by atoms with Gasteiger partial charge in [-0.2, -0.15) is 0 Å². The van der Waals surface area contributed by atoms with Crippen LogP contribution in [0.2, 0.25) is 0 Å². The number of nitrogens with zero attached hydrogens (tertiary/aromatic N) is 2. The summed E-state index contributed by atoms with van der Waals surface area (Å²) in [7, 11) is 2.08. The number of benzene rings is 1. The molecule has 1 aromatic carbocycles. The largest absolute Gasteiger partial charge is 0.492 e. The zero-order valence-corrected chi connectivity index (χ0v) is 12.5. The highest BCUT2D eigenvalue weighted by atomic mass is 16.5. The van der Waals surface area contributed by atoms with Crippen molar-refractivity contribution in [3.8, 4) is 5.75 Å². The third-order valence-electron chi connectivity index (χ3n) is 3.27. The molecule has 4 nitrogen and oxygen atoms in total. The minimum atomic E-state index is 0.674. The van der Waals surface area contributed by atoms with E-state index in [1.54, 1.807) is 6.20 Å². The second-order valence-electron chi connectivity index (χ2n) is 5.13. The van der Waals surface area contributed by atoms with Crippen LogP contribution in [0, 0.1) is 0 Å². The standard InChI is InChI=1S/C17H23N3O/c1-20(14-16-3-2-10-19-13-16)11-12-21-17-6-4-15(5-7-17)8-9-18/h2-7,10,13H,8-9,11-12,14,18H2,1H3. The van der Waals surface area contributed by atoms with Gasteiger partial charge in [-0.3, -0.25) is 9.88 Å². The minimum absolute atomic E-state index is 0.674. The molecule has 2 rings (SSSR count). The molecule has 0 aliphatic carbocycles. The molecule has 0 spiro atoms. The average Bonchev–Trinajstić information content (AvgIpc) is 2.50.